The van der Waals surface area contributed by atoms with E-state index in [9.17, 15) is 9.59 Å². The summed E-state index contributed by atoms with van der Waals surface area (Å²) in [6.45, 7) is 12.2. The molecule has 2 amide bonds. The Morgan fingerprint density at radius 1 is 0.788 bits per heavy atom. The molecule has 0 saturated carbocycles. The number of rotatable bonds is 8. The zero-order chi connectivity index (χ0) is 24.0. The first-order chi connectivity index (χ1) is 15.7. The molecule has 1 heterocycles. The molecule has 2 aromatic rings. The van der Waals surface area contributed by atoms with E-state index < -0.39 is 0 Å². The summed E-state index contributed by atoms with van der Waals surface area (Å²) in [7, 11) is 0. The van der Waals surface area contributed by atoms with Gasteiger partial charge in [-0.1, -0.05) is 69.6 Å². The van der Waals surface area contributed by atoms with Gasteiger partial charge < -0.3 is 10.6 Å². The van der Waals surface area contributed by atoms with Gasteiger partial charge in [0.2, 0.25) is 11.8 Å². The molecule has 0 unspecified atom stereocenters. The number of amides is 2. The molecule has 33 heavy (non-hydrogen) atoms. The Kier molecular flexibility index (Phi) is 8.89. The summed E-state index contributed by atoms with van der Waals surface area (Å²) in [5.74, 6) is 0.592. The lowest BCUT2D eigenvalue weighted by atomic mass is 9.92. The van der Waals surface area contributed by atoms with Gasteiger partial charge in [0.25, 0.3) is 0 Å². The van der Waals surface area contributed by atoms with Gasteiger partial charge in [-0.2, -0.15) is 0 Å². The number of benzene rings is 2. The van der Waals surface area contributed by atoms with Crippen LogP contribution in [-0.4, -0.2) is 60.9 Å². The highest BCUT2D eigenvalue weighted by Crippen LogP contribution is 2.32. The van der Waals surface area contributed by atoms with Gasteiger partial charge in [0.05, 0.1) is 23.8 Å². The molecule has 1 fully saturated rings. The smallest absolute Gasteiger partial charge is 0.238 e. The zero-order valence-corrected chi connectivity index (χ0v) is 20.8. The third-order valence-corrected chi connectivity index (χ3v) is 6.31. The van der Waals surface area contributed by atoms with Gasteiger partial charge in [-0.05, 0) is 35.1 Å². The van der Waals surface area contributed by atoms with E-state index in [0.29, 0.717) is 35.6 Å². The fourth-order valence-corrected chi connectivity index (χ4v) is 4.32. The summed E-state index contributed by atoms with van der Waals surface area (Å²) in [4.78, 5) is 29.5. The van der Waals surface area contributed by atoms with Crippen molar-refractivity contribution in [3.05, 3.63) is 58.6 Å². The van der Waals surface area contributed by atoms with Gasteiger partial charge in [0.1, 0.15) is 0 Å². The Morgan fingerprint density at radius 2 is 1.27 bits per heavy atom. The molecule has 2 N–H and O–H groups in total. The molecule has 0 aromatic heterocycles. The summed E-state index contributed by atoms with van der Waals surface area (Å²) in [6, 6.07) is 13.5. The number of para-hydroxylation sites is 2. The minimum atomic E-state index is -0.0826. The summed E-state index contributed by atoms with van der Waals surface area (Å²) in [6.07, 6.45) is 0. The number of carbonyl (C=O) groups excluding carboxylic acids is 2. The normalized spacial score (nSPS) is 15.1. The quantitative estimate of drug-likeness (QED) is 0.582. The van der Waals surface area contributed by atoms with Gasteiger partial charge in [-0.3, -0.25) is 19.4 Å². The molecule has 0 radical (unpaired) electrons. The first-order valence-electron chi connectivity index (χ1n) is 11.7. The van der Waals surface area contributed by atoms with Crippen molar-refractivity contribution in [2.75, 3.05) is 49.9 Å². The van der Waals surface area contributed by atoms with Crippen LogP contribution < -0.4 is 10.6 Å². The van der Waals surface area contributed by atoms with Gasteiger partial charge >= 0.3 is 0 Å². The molecule has 178 valence electrons. The lowest BCUT2D eigenvalue weighted by Crippen LogP contribution is -2.50. The van der Waals surface area contributed by atoms with Crippen molar-refractivity contribution in [1.29, 1.82) is 0 Å². The van der Waals surface area contributed by atoms with Crippen LogP contribution in [0.2, 0.25) is 5.02 Å². The maximum Gasteiger partial charge on any atom is 0.238 e. The standard InChI is InChI=1S/C26H35ClN4O2/c1-18(2)20-8-7-9-21(19(3)4)26(20)29-25(33)17-31-14-12-30(13-15-31)16-24(32)28-23-11-6-5-10-22(23)27/h5-11,18-19H,12-17H2,1-4H3,(H,28,32)(H,29,33). The van der Waals surface area contributed by atoms with E-state index in [0.717, 1.165) is 31.9 Å². The molecule has 2 aromatic carbocycles. The molecule has 3 rings (SSSR count). The van der Waals surface area contributed by atoms with Crippen LogP contribution in [0.4, 0.5) is 11.4 Å². The number of nitrogens with one attached hydrogen (secondary N) is 2. The Hall–Kier alpha value is -2.41. The fraction of sp³-hybridized carbons (Fsp3) is 0.462. The number of carbonyl (C=O) groups is 2. The molecule has 1 saturated heterocycles. The monoisotopic (exact) mass is 470 g/mol. The lowest BCUT2D eigenvalue weighted by molar-refractivity contribution is -0.120. The number of piperazine rings is 1. The van der Waals surface area contributed by atoms with Crippen molar-refractivity contribution in [3.63, 3.8) is 0 Å². The van der Waals surface area contributed by atoms with Crippen LogP contribution >= 0.6 is 11.6 Å². The number of hydrogen-bond acceptors (Lipinski definition) is 4. The van der Waals surface area contributed by atoms with Crippen LogP contribution in [-0.2, 0) is 9.59 Å². The zero-order valence-electron chi connectivity index (χ0n) is 20.0. The minimum absolute atomic E-state index is 0.00918. The van der Waals surface area contributed by atoms with E-state index in [4.69, 9.17) is 11.6 Å². The van der Waals surface area contributed by atoms with Crippen molar-refractivity contribution >= 4 is 34.8 Å². The van der Waals surface area contributed by atoms with Crippen LogP contribution in [0.5, 0.6) is 0 Å². The second-order valence-electron chi connectivity index (χ2n) is 9.25. The van der Waals surface area contributed by atoms with E-state index in [2.05, 4.69) is 66.3 Å². The Bertz CT molecular complexity index is 942. The highest BCUT2D eigenvalue weighted by molar-refractivity contribution is 6.33. The van der Waals surface area contributed by atoms with Crippen molar-refractivity contribution in [1.82, 2.24) is 9.80 Å². The number of hydrogen-bond donors (Lipinski definition) is 2. The first kappa shape index (κ1) is 25.2. The van der Waals surface area contributed by atoms with Crippen LogP contribution in [0.15, 0.2) is 42.5 Å². The summed E-state index contributed by atoms with van der Waals surface area (Å²) < 4.78 is 0. The van der Waals surface area contributed by atoms with E-state index in [1.54, 1.807) is 12.1 Å². The molecule has 6 nitrogen and oxygen atoms in total. The molecule has 0 bridgehead atoms. The molecule has 1 aliphatic heterocycles. The summed E-state index contributed by atoms with van der Waals surface area (Å²) in [5.41, 5.74) is 3.93. The van der Waals surface area contributed by atoms with Crippen LogP contribution in [0.1, 0.15) is 50.7 Å². The maximum atomic E-state index is 12.9. The maximum absolute atomic E-state index is 12.9. The minimum Gasteiger partial charge on any atom is -0.324 e. The average Bonchev–Trinajstić information content (AvgIpc) is 2.76. The molecule has 0 atom stereocenters. The van der Waals surface area contributed by atoms with Crippen LogP contribution in [0.3, 0.4) is 0 Å². The molecule has 1 aliphatic rings. The fourth-order valence-electron chi connectivity index (χ4n) is 4.14. The summed E-state index contributed by atoms with van der Waals surface area (Å²) in [5, 5.41) is 6.59. The second kappa shape index (κ2) is 11.6. The average molecular weight is 471 g/mol. The lowest BCUT2D eigenvalue weighted by Gasteiger charge is -2.34. The van der Waals surface area contributed by atoms with Crippen molar-refractivity contribution < 1.29 is 9.59 Å². The predicted molar refractivity (Wildman–Crippen MR) is 136 cm³/mol. The van der Waals surface area contributed by atoms with Crippen LogP contribution in [0.25, 0.3) is 0 Å². The Morgan fingerprint density at radius 3 is 1.76 bits per heavy atom. The number of nitrogens with zero attached hydrogens (tertiary/aromatic N) is 2. The third-order valence-electron chi connectivity index (χ3n) is 5.98. The van der Waals surface area contributed by atoms with Crippen molar-refractivity contribution in [2.45, 2.75) is 39.5 Å². The van der Waals surface area contributed by atoms with Gasteiger partial charge in [0, 0.05) is 31.9 Å². The highest BCUT2D eigenvalue weighted by Gasteiger charge is 2.22. The predicted octanol–water partition coefficient (Wildman–Crippen LogP) is 4.78. The van der Waals surface area contributed by atoms with E-state index >= 15 is 0 Å². The number of halogens is 1. The van der Waals surface area contributed by atoms with Crippen LogP contribution in [0, 0.1) is 0 Å². The number of anilines is 2. The second-order valence-corrected chi connectivity index (χ2v) is 9.66. The Balaban J connectivity index is 1.50. The third kappa shape index (κ3) is 7.03. The van der Waals surface area contributed by atoms with E-state index in [1.165, 1.54) is 11.1 Å². The van der Waals surface area contributed by atoms with Gasteiger partial charge in [-0.15, -0.1) is 0 Å². The molecular formula is C26H35ClN4O2. The molecule has 7 heteroatoms. The van der Waals surface area contributed by atoms with Crippen molar-refractivity contribution in [2.24, 2.45) is 0 Å². The first-order valence-corrected chi connectivity index (χ1v) is 12.0. The summed E-state index contributed by atoms with van der Waals surface area (Å²) >= 11 is 6.12. The van der Waals surface area contributed by atoms with Gasteiger partial charge in [-0.25, -0.2) is 0 Å². The SMILES string of the molecule is CC(C)c1cccc(C(C)C)c1NC(=O)CN1CCN(CC(=O)Nc2ccccc2Cl)CC1. The molecule has 0 spiro atoms. The highest BCUT2D eigenvalue weighted by atomic mass is 35.5. The topological polar surface area (TPSA) is 64.7 Å². The molecular weight excluding hydrogens is 436 g/mol. The van der Waals surface area contributed by atoms with Gasteiger partial charge in [0.15, 0.2) is 0 Å². The molecule has 0 aliphatic carbocycles. The van der Waals surface area contributed by atoms with Crippen molar-refractivity contribution in [3.8, 4) is 0 Å². The van der Waals surface area contributed by atoms with E-state index in [1.807, 2.05) is 12.1 Å². The Labute approximate surface area is 202 Å². The van der Waals surface area contributed by atoms with E-state index in [-0.39, 0.29) is 11.8 Å². The largest absolute Gasteiger partial charge is 0.324 e.